The highest BCUT2D eigenvalue weighted by Crippen LogP contribution is 2.28. The first kappa shape index (κ1) is 15.2. The lowest BCUT2D eigenvalue weighted by atomic mass is 10.3. The van der Waals surface area contributed by atoms with Gasteiger partial charge in [-0.3, -0.25) is 4.72 Å². The van der Waals surface area contributed by atoms with Crippen LogP contribution in [0.1, 0.15) is 5.56 Å². The highest BCUT2D eigenvalue weighted by Gasteiger charge is 2.19. The van der Waals surface area contributed by atoms with Crippen molar-refractivity contribution in [3.8, 4) is 0 Å². The Morgan fingerprint density at radius 1 is 1.15 bits per heavy atom. The Kier molecular flexibility index (Phi) is 4.33. The minimum absolute atomic E-state index is 0.0477. The van der Waals surface area contributed by atoms with Crippen LogP contribution in [0.15, 0.2) is 23.4 Å². The summed E-state index contributed by atoms with van der Waals surface area (Å²) >= 11 is 17.1. The lowest BCUT2D eigenvalue weighted by Gasteiger charge is -2.11. The third-order valence-corrected chi connectivity index (χ3v) is 4.25. The Balaban J connectivity index is 2.41. The molecule has 2 aromatic rings. The van der Waals surface area contributed by atoms with Gasteiger partial charge in [-0.2, -0.15) is 0 Å². The molecule has 0 aromatic carbocycles. The third kappa shape index (κ3) is 3.29. The van der Waals surface area contributed by atoms with E-state index in [9.17, 15) is 8.42 Å². The van der Waals surface area contributed by atoms with Crippen LogP contribution in [0.5, 0.6) is 0 Å². The van der Waals surface area contributed by atoms with E-state index in [0.29, 0.717) is 5.56 Å². The molecule has 2 rings (SSSR count). The van der Waals surface area contributed by atoms with Gasteiger partial charge in [0, 0.05) is 0 Å². The summed E-state index contributed by atoms with van der Waals surface area (Å²) in [6.45, 7) is 1.65. The molecule has 0 unspecified atom stereocenters. The molecule has 0 radical (unpaired) electrons. The van der Waals surface area contributed by atoms with Gasteiger partial charge in [-0.25, -0.2) is 23.4 Å². The summed E-state index contributed by atoms with van der Waals surface area (Å²) in [7, 11) is -3.89. The van der Waals surface area contributed by atoms with Crippen molar-refractivity contribution in [3.05, 3.63) is 39.6 Å². The zero-order valence-corrected chi connectivity index (χ0v) is 13.0. The van der Waals surface area contributed by atoms with Crippen LogP contribution in [0, 0.1) is 6.92 Å². The number of anilines is 1. The summed E-state index contributed by atoms with van der Waals surface area (Å²) in [6.07, 6.45) is 2.18. The summed E-state index contributed by atoms with van der Waals surface area (Å²) in [4.78, 5) is 10.9. The molecule has 1 N–H and O–H groups in total. The van der Waals surface area contributed by atoms with Gasteiger partial charge in [0.15, 0.2) is 5.15 Å². The van der Waals surface area contributed by atoms with E-state index in [1.807, 2.05) is 0 Å². The number of hydrogen-bond acceptors (Lipinski definition) is 5. The van der Waals surface area contributed by atoms with Crippen LogP contribution >= 0.6 is 34.8 Å². The molecule has 0 saturated heterocycles. The van der Waals surface area contributed by atoms with Crippen LogP contribution in [0.25, 0.3) is 0 Å². The Morgan fingerprint density at radius 3 is 2.30 bits per heavy atom. The molecule has 0 saturated carbocycles. The van der Waals surface area contributed by atoms with E-state index in [-0.39, 0.29) is 26.2 Å². The zero-order chi connectivity index (χ0) is 14.9. The first-order chi connectivity index (χ1) is 9.29. The number of nitrogens with zero attached hydrogens (tertiary/aromatic N) is 3. The van der Waals surface area contributed by atoms with Gasteiger partial charge in [0.2, 0.25) is 5.28 Å². The van der Waals surface area contributed by atoms with Gasteiger partial charge in [-0.15, -0.1) is 0 Å². The Hall–Kier alpha value is -1.15. The van der Waals surface area contributed by atoms with E-state index < -0.39 is 10.0 Å². The van der Waals surface area contributed by atoms with Gasteiger partial charge in [-0.1, -0.05) is 23.2 Å². The fraction of sp³-hybridized carbons (Fsp3) is 0.100. The molecule has 2 aromatic heterocycles. The van der Waals surface area contributed by atoms with Crippen molar-refractivity contribution in [2.45, 2.75) is 11.8 Å². The predicted molar refractivity (Wildman–Crippen MR) is 76.8 cm³/mol. The second kappa shape index (κ2) is 5.69. The number of sulfonamides is 1. The van der Waals surface area contributed by atoms with Crippen molar-refractivity contribution in [1.29, 1.82) is 0 Å². The van der Waals surface area contributed by atoms with Gasteiger partial charge in [0.1, 0.15) is 10.0 Å². The molecule has 2 heterocycles. The first-order valence-corrected chi connectivity index (χ1v) is 7.74. The lowest BCUT2D eigenvalue weighted by Crippen LogP contribution is -2.15. The maximum atomic E-state index is 12.1. The fourth-order valence-electron chi connectivity index (χ4n) is 1.35. The van der Waals surface area contributed by atoms with E-state index in [2.05, 4.69) is 19.7 Å². The number of aromatic nitrogens is 3. The molecule has 0 bridgehead atoms. The topological polar surface area (TPSA) is 84.8 Å². The molecule has 0 aliphatic heterocycles. The van der Waals surface area contributed by atoms with Gasteiger partial charge >= 0.3 is 0 Å². The highest BCUT2D eigenvalue weighted by atomic mass is 35.5. The second-order valence-corrected chi connectivity index (χ2v) is 6.49. The number of hydrogen-bond donors (Lipinski definition) is 1. The summed E-state index contributed by atoms with van der Waals surface area (Å²) in [5, 5.41) is 0.0741. The summed E-state index contributed by atoms with van der Waals surface area (Å²) in [5.41, 5.74) is 0.680. The van der Waals surface area contributed by atoms with Crippen molar-refractivity contribution in [1.82, 2.24) is 15.0 Å². The predicted octanol–water partition coefficient (Wildman–Crippen LogP) is 2.94. The maximum Gasteiger partial charge on any atom is 0.265 e. The van der Waals surface area contributed by atoms with Crippen LogP contribution in [0.3, 0.4) is 0 Å². The third-order valence-electron chi connectivity index (χ3n) is 2.28. The van der Waals surface area contributed by atoms with Gasteiger partial charge in [0.25, 0.3) is 10.0 Å². The summed E-state index contributed by atoms with van der Waals surface area (Å²) in [5.74, 6) is 0. The molecule has 6 nitrogen and oxygen atoms in total. The molecule has 0 aliphatic carbocycles. The second-order valence-electron chi connectivity index (χ2n) is 3.72. The molecule has 106 valence electrons. The van der Waals surface area contributed by atoms with Crippen LogP contribution in [-0.4, -0.2) is 23.4 Å². The monoisotopic (exact) mass is 352 g/mol. The van der Waals surface area contributed by atoms with E-state index in [1.165, 1.54) is 6.07 Å². The van der Waals surface area contributed by atoms with Crippen LogP contribution in [0.2, 0.25) is 15.6 Å². The maximum absolute atomic E-state index is 12.1. The molecule has 10 heteroatoms. The number of aryl methyl sites for hydroxylation is 1. The molecule has 0 aliphatic rings. The summed E-state index contributed by atoms with van der Waals surface area (Å²) < 4.78 is 26.6. The van der Waals surface area contributed by atoms with Crippen molar-refractivity contribution >= 4 is 50.5 Å². The molecule has 0 atom stereocenters. The molecular weight excluding hydrogens is 347 g/mol. The van der Waals surface area contributed by atoms with Gasteiger partial charge < -0.3 is 0 Å². The minimum Gasteiger partial charge on any atom is -0.276 e. The average molecular weight is 354 g/mol. The lowest BCUT2D eigenvalue weighted by molar-refractivity contribution is 0.600. The number of nitrogens with one attached hydrogen (secondary N) is 1. The zero-order valence-electron chi connectivity index (χ0n) is 9.93. The molecule has 0 spiro atoms. The molecule has 0 amide bonds. The van der Waals surface area contributed by atoms with E-state index in [1.54, 1.807) is 6.92 Å². The fourth-order valence-corrected chi connectivity index (χ4v) is 3.11. The Morgan fingerprint density at radius 2 is 1.75 bits per heavy atom. The van der Waals surface area contributed by atoms with Gasteiger partial charge in [0.05, 0.1) is 18.1 Å². The minimum atomic E-state index is -3.89. The molecular formula is C10H7Cl3N4O2S. The van der Waals surface area contributed by atoms with Crippen molar-refractivity contribution < 1.29 is 8.42 Å². The molecule has 0 fully saturated rings. The summed E-state index contributed by atoms with van der Waals surface area (Å²) in [6, 6.07) is 1.49. The normalized spacial score (nSPS) is 11.4. The molecule has 20 heavy (non-hydrogen) atoms. The highest BCUT2D eigenvalue weighted by molar-refractivity contribution is 7.92. The SMILES string of the molecule is Cc1cc(Cl)nc(Cl)c1NS(=O)(=O)c1cnc(Cl)nc1. The standard InChI is InChI=1S/C10H7Cl3N4O2S/c1-5-2-7(11)16-9(12)8(5)17-20(18,19)6-3-14-10(13)15-4-6/h2-4,17H,1H3. The number of pyridine rings is 1. The first-order valence-electron chi connectivity index (χ1n) is 5.12. The van der Waals surface area contributed by atoms with Crippen molar-refractivity contribution in [3.63, 3.8) is 0 Å². The average Bonchev–Trinajstić information content (AvgIpc) is 2.34. The van der Waals surface area contributed by atoms with Crippen molar-refractivity contribution in [2.24, 2.45) is 0 Å². The number of rotatable bonds is 3. The largest absolute Gasteiger partial charge is 0.276 e. The van der Waals surface area contributed by atoms with Gasteiger partial charge in [-0.05, 0) is 30.2 Å². The van der Waals surface area contributed by atoms with Crippen LogP contribution < -0.4 is 4.72 Å². The quantitative estimate of drug-likeness (QED) is 0.677. The van der Waals surface area contributed by atoms with E-state index in [0.717, 1.165) is 12.4 Å². The van der Waals surface area contributed by atoms with Crippen LogP contribution in [-0.2, 0) is 10.0 Å². The Labute approximate surface area is 130 Å². The van der Waals surface area contributed by atoms with Crippen LogP contribution in [0.4, 0.5) is 5.69 Å². The Bertz CT molecular complexity index is 727. The smallest absolute Gasteiger partial charge is 0.265 e. The van der Waals surface area contributed by atoms with Crippen molar-refractivity contribution in [2.75, 3.05) is 4.72 Å². The van der Waals surface area contributed by atoms with E-state index >= 15 is 0 Å². The van der Waals surface area contributed by atoms with E-state index in [4.69, 9.17) is 34.8 Å². The number of halogens is 3.